The molecule has 0 saturated carbocycles. The van der Waals surface area contributed by atoms with E-state index in [-0.39, 0.29) is 28.0 Å². The summed E-state index contributed by atoms with van der Waals surface area (Å²) in [5, 5.41) is 3.56. The van der Waals surface area contributed by atoms with Crippen molar-refractivity contribution in [3.63, 3.8) is 0 Å². The van der Waals surface area contributed by atoms with Crippen molar-refractivity contribution in [1.82, 2.24) is 15.3 Å². The van der Waals surface area contributed by atoms with Crippen molar-refractivity contribution in [2.45, 2.75) is 16.3 Å². The summed E-state index contributed by atoms with van der Waals surface area (Å²) >= 11 is 0. The van der Waals surface area contributed by atoms with Gasteiger partial charge in [0.25, 0.3) is 5.91 Å². The maximum atomic E-state index is 12.8. The van der Waals surface area contributed by atoms with Gasteiger partial charge < -0.3 is 14.6 Å². The lowest BCUT2D eigenvalue weighted by atomic mass is 10.2. The number of sulfone groups is 1. The average molecular weight is 436 g/mol. The molecular weight excluding hydrogens is 416 g/mol. The van der Waals surface area contributed by atoms with Crippen LogP contribution in [-0.2, 0) is 16.4 Å². The number of pyridine rings is 2. The summed E-state index contributed by atoms with van der Waals surface area (Å²) in [5.74, 6) is 0.501. The first-order chi connectivity index (χ1) is 14.8. The summed E-state index contributed by atoms with van der Waals surface area (Å²) in [6, 6.07) is 13.0. The lowest BCUT2D eigenvalue weighted by Crippen LogP contribution is -2.22. The number of aromatic nitrogens is 2. The first-order valence-corrected chi connectivity index (χ1v) is 10.9. The van der Waals surface area contributed by atoms with Gasteiger partial charge in [-0.05, 0) is 42.0 Å². The minimum absolute atomic E-state index is 0.124. The molecule has 0 spiro atoms. The second-order valence-corrected chi connectivity index (χ2v) is 9.05. The molecule has 3 heterocycles. The molecule has 0 atom stereocenters. The van der Waals surface area contributed by atoms with Gasteiger partial charge in [-0.1, -0.05) is 12.1 Å². The molecule has 0 aliphatic rings. The van der Waals surface area contributed by atoms with Gasteiger partial charge in [0.1, 0.15) is 5.82 Å². The zero-order valence-electron chi connectivity index (χ0n) is 16.9. The van der Waals surface area contributed by atoms with Crippen LogP contribution in [0.5, 0.6) is 0 Å². The number of benzene rings is 1. The predicted octanol–water partition coefficient (Wildman–Crippen LogP) is 3.05. The number of furan rings is 1. The highest BCUT2D eigenvalue weighted by Crippen LogP contribution is 2.22. The Morgan fingerprint density at radius 3 is 2.42 bits per heavy atom. The number of nitrogens with zero attached hydrogens (tertiary/aromatic N) is 3. The number of amides is 1. The summed E-state index contributed by atoms with van der Waals surface area (Å²) in [6.07, 6.45) is 4.53. The van der Waals surface area contributed by atoms with Gasteiger partial charge in [-0.2, -0.15) is 0 Å². The molecule has 0 aliphatic carbocycles. The predicted molar refractivity (Wildman–Crippen MR) is 116 cm³/mol. The van der Waals surface area contributed by atoms with Crippen molar-refractivity contribution >= 4 is 32.5 Å². The number of anilines is 1. The fourth-order valence-electron chi connectivity index (χ4n) is 2.98. The van der Waals surface area contributed by atoms with E-state index in [1.165, 1.54) is 24.4 Å². The summed E-state index contributed by atoms with van der Waals surface area (Å²) in [4.78, 5) is 22.5. The van der Waals surface area contributed by atoms with E-state index in [0.29, 0.717) is 11.4 Å². The number of hydrogen-bond acceptors (Lipinski definition) is 7. The van der Waals surface area contributed by atoms with E-state index < -0.39 is 9.84 Å². The standard InChI is InChI=1S/C22H20N4O4S/c1-26(2)21-8-7-18(13-24-21)31(28,29)17-5-3-15(4-6-17)12-25-22(27)19-11-16-9-10-23-14-20(16)30-19/h3-11,13-14H,12H2,1-2H3,(H,25,27). The Morgan fingerprint density at radius 2 is 1.77 bits per heavy atom. The van der Waals surface area contributed by atoms with Crippen LogP contribution in [0.3, 0.4) is 0 Å². The number of hydrogen-bond donors (Lipinski definition) is 1. The Labute approximate surface area is 179 Å². The Morgan fingerprint density at radius 1 is 1.03 bits per heavy atom. The van der Waals surface area contributed by atoms with Crippen molar-refractivity contribution < 1.29 is 17.6 Å². The molecule has 1 aromatic carbocycles. The molecule has 0 unspecified atom stereocenters. The lowest BCUT2D eigenvalue weighted by molar-refractivity contribution is 0.0925. The fraction of sp³-hybridized carbons (Fsp3) is 0.136. The molecule has 0 radical (unpaired) electrons. The topological polar surface area (TPSA) is 105 Å². The van der Waals surface area contributed by atoms with E-state index in [1.807, 2.05) is 14.1 Å². The molecule has 0 saturated heterocycles. The van der Waals surface area contributed by atoms with Gasteiger partial charge in [-0.25, -0.2) is 13.4 Å². The normalized spacial score (nSPS) is 11.4. The molecular formula is C22H20N4O4S. The lowest BCUT2D eigenvalue weighted by Gasteiger charge is -2.11. The third-order valence-electron chi connectivity index (χ3n) is 4.72. The Bertz CT molecular complexity index is 1300. The zero-order chi connectivity index (χ0) is 22.0. The van der Waals surface area contributed by atoms with E-state index in [2.05, 4.69) is 15.3 Å². The number of nitrogens with one attached hydrogen (secondary N) is 1. The molecule has 4 rings (SSSR count). The largest absolute Gasteiger partial charge is 0.449 e. The van der Waals surface area contributed by atoms with Crippen LogP contribution in [0.2, 0.25) is 0 Å². The van der Waals surface area contributed by atoms with Crippen molar-refractivity contribution in [3.05, 3.63) is 78.4 Å². The van der Waals surface area contributed by atoms with Gasteiger partial charge in [0.05, 0.1) is 16.0 Å². The van der Waals surface area contributed by atoms with Gasteiger partial charge in [-0.3, -0.25) is 9.78 Å². The molecule has 3 aromatic heterocycles. The number of carbonyl (C=O) groups excluding carboxylic acids is 1. The van der Waals surface area contributed by atoms with Crippen LogP contribution in [0.1, 0.15) is 16.1 Å². The molecule has 31 heavy (non-hydrogen) atoms. The smallest absolute Gasteiger partial charge is 0.287 e. The third-order valence-corrected chi connectivity index (χ3v) is 6.48. The first-order valence-electron chi connectivity index (χ1n) is 9.44. The molecule has 8 nitrogen and oxygen atoms in total. The van der Waals surface area contributed by atoms with Crippen molar-refractivity contribution in [1.29, 1.82) is 0 Å². The van der Waals surface area contributed by atoms with E-state index in [4.69, 9.17) is 4.42 Å². The number of fused-ring (bicyclic) bond motifs is 1. The summed E-state index contributed by atoms with van der Waals surface area (Å²) in [6.45, 7) is 0.230. The van der Waals surface area contributed by atoms with Gasteiger partial charge in [0.15, 0.2) is 11.3 Å². The van der Waals surface area contributed by atoms with E-state index >= 15 is 0 Å². The Kier molecular flexibility index (Phi) is 5.43. The third kappa shape index (κ3) is 4.26. The maximum absolute atomic E-state index is 12.8. The van der Waals surface area contributed by atoms with Crippen molar-refractivity contribution in [2.24, 2.45) is 0 Å². The molecule has 0 aliphatic heterocycles. The second-order valence-electron chi connectivity index (χ2n) is 7.10. The first kappa shape index (κ1) is 20.5. The summed E-state index contributed by atoms with van der Waals surface area (Å²) in [7, 11) is -0.0110. The van der Waals surface area contributed by atoms with E-state index in [1.54, 1.807) is 47.6 Å². The molecule has 1 amide bonds. The average Bonchev–Trinajstić information content (AvgIpc) is 3.22. The molecule has 1 N–H and O–H groups in total. The Balaban J connectivity index is 1.44. The number of carbonyl (C=O) groups is 1. The van der Waals surface area contributed by atoms with Crippen LogP contribution in [0.25, 0.3) is 11.0 Å². The monoisotopic (exact) mass is 436 g/mol. The van der Waals surface area contributed by atoms with Gasteiger partial charge in [0.2, 0.25) is 9.84 Å². The van der Waals surface area contributed by atoms with Crippen LogP contribution >= 0.6 is 0 Å². The molecule has 0 bridgehead atoms. The van der Waals surface area contributed by atoms with Gasteiger partial charge in [-0.15, -0.1) is 0 Å². The summed E-state index contributed by atoms with van der Waals surface area (Å²) in [5.41, 5.74) is 1.29. The SMILES string of the molecule is CN(C)c1ccc(S(=O)(=O)c2ccc(CNC(=O)c3cc4ccncc4o3)cc2)cn1. The fourth-order valence-corrected chi connectivity index (χ4v) is 4.19. The van der Waals surface area contributed by atoms with E-state index in [0.717, 1.165) is 10.9 Å². The zero-order valence-corrected chi connectivity index (χ0v) is 17.8. The molecule has 0 fully saturated rings. The minimum atomic E-state index is -3.68. The second kappa shape index (κ2) is 8.19. The van der Waals surface area contributed by atoms with Gasteiger partial charge >= 0.3 is 0 Å². The Hall–Kier alpha value is -3.72. The quantitative estimate of drug-likeness (QED) is 0.495. The maximum Gasteiger partial charge on any atom is 0.287 e. The van der Waals surface area contributed by atoms with Crippen LogP contribution in [0.4, 0.5) is 5.82 Å². The van der Waals surface area contributed by atoms with Crippen molar-refractivity contribution in [2.75, 3.05) is 19.0 Å². The van der Waals surface area contributed by atoms with Crippen LogP contribution in [0.15, 0.2) is 81.3 Å². The highest BCUT2D eigenvalue weighted by molar-refractivity contribution is 7.91. The molecule has 158 valence electrons. The minimum Gasteiger partial charge on any atom is -0.449 e. The molecule has 4 aromatic rings. The summed E-state index contributed by atoms with van der Waals surface area (Å²) < 4.78 is 31.1. The van der Waals surface area contributed by atoms with Crippen LogP contribution < -0.4 is 10.2 Å². The highest BCUT2D eigenvalue weighted by Gasteiger charge is 2.18. The van der Waals surface area contributed by atoms with E-state index in [9.17, 15) is 13.2 Å². The van der Waals surface area contributed by atoms with Crippen LogP contribution in [0, 0.1) is 0 Å². The highest BCUT2D eigenvalue weighted by atomic mass is 32.2. The van der Waals surface area contributed by atoms with Crippen LogP contribution in [-0.4, -0.2) is 38.4 Å². The molecule has 9 heteroatoms. The van der Waals surface area contributed by atoms with Gasteiger partial charge in [0, 0.05) is 38.4 Å². The number of rotatable bonds is 6. The van der Waals surface area contributed by atoms with Crippen molar-refractivity contribution in [3.8, 4) is 0 Å².